The van der Waals surface area contributed by atoms with Crippen molar-refractivity contribution in [3.8, 4) is 0 Å². The summed E-state index contributed by atoms with van der Waals surface area (Å²) in [6.45, 7) is 4.19. The highest BCUT2D eigenvalue weighted by Gasteiger charge is 2.33. The summed E-state index contributed by atoms with van der Waals surface area (Å²) in [5.74, 6) is 0.0603. The van der Waals surface area contributed by atoms with Crippen LogP contribution in [0.3, 0.4) is 0 Å². The van der Waals surface area contributed by atoms with Crippen molar-refractivity contribution in [2.45, 2.75) is 38.8 Å². The Balaban J connectivity index is 2.05. The minimum absolute atomic E-state index is 0.0603. The Labute approximate surface area is 102 Å². The second-order valence-electron chi connectivity index (χ2n) is 4.52. The monoisotopic (exact) mass is 236 g/mol. The van der Waals surface area contributed by atoms with E-state index in [1.165, 1.54) is 0 Å². The van der Waals surface area contributed by atoms with Gasteiger partial charge in [0.2, 0.25) is 0 Å². The second kappa shape index (κ2) is 5.31. The Morgan fingerprint density at radius 1 is 1.65 bits per heavy atom. The molecule has 1 aliphatic carbocycles. The third-order valence-electron chi connectivity index (χ3n) is 2.95. The predicted molar refractivity (Wildman–Crippen MR) is 65.6 cm³/mol. The fraction of sp³-hybridized carbons (Fsp3) is 0.667. The zero-order valence-electron chi connectivity index (χ0n) is 10.3. The van der Waals surface area contributed by atoms with E-state index in [2.05, 4.69) is 11.9 Å². The molecule has 0 unspecified atom stereocenters. The zero-order valence-corrected chi connectivity index (χ0v) is 10.3. The van der Waals surface area contributed by atoms with E-state index in [4.69, 9.17) is 5.73 Å². The van der Waals surface area contributed by atoms with Crippen LogP contribution in [0.5, 0.6) is 0 Å². The van der Waals surface area contributed by atoms with Crippen molar-refractivity contribution in [1.29, 1.82) is 0 Å². The zero-order chi connectivity index (χ0) is 12.3. The molecule has 2 N–H and O–H groups in total. The maximum atomic E-state index is 12.3. The van der Waals surface area contributed by atoms with Crippen molar-refractivity contribution >= 4 is 5.91 Å². The van der Waals surface area contributed by atoms with Gasteiger partial charge in [0.1, 0.15) is 5.69 Å². The summed E-state index contributed by atoms with van der Waals surface area (Å²) < 4.78 is 1.87. The van der Waals surface area contributed by atoms with Crippen LogP contribution in [0.4, 0.5) is 0 Å². The van der Waals surface area contributed by atoms with Crippen LogP contribution in [0.25, 0.3) is 0 Å². The third-order valence-corrected chi connectivity index (χ3v) is 2.95. The summed E-state index contributed by atoms with van der Waals surface area (Å²) in [5, 5.41) is 0. The van der Waals surface area contributed by atoms with Crippen LogP contribution in [-0.2, 0) is 6.54 Å². The predicted octanol–water partition coefficient (Wildman–Crippen LogP) is 0.856. The summed E-state index contributed by atoms with van der Waals surface area (Å²) in [7, 11) is 0. The van der Waals surface area contributed by atoms with Gasteiger partial charge in [-0.15, -0.1) is 0 Å². The average molecular weight is 236 g/mol. The minimum atomic E-state index is 0.0603. The molecular weight excluding hydrogens is 216 g/mol. The molecule has 5 heteroatoms. The number of hydrogen-bond donors (Lipinski definition) is 1. The standard InChI is InChI=1S/C12H20N4O/c1-2-6-16(10-3-4-10)12(17)11-8-15(7-5-13)9-14-11/h8-10H,2-7,13H2,1H3. The molecule has 1 aromatic rings. The largest absolute Gasteiger partial charge is 0.335 e. The number of hydrogen-bond acceptors (Lipinski definition) is 3. The first-order chi connectivity index (χ1) is 8.26. The van der Waals surface area contributed by atoms with Gasteiger partial charge < -0.3 is 15.2 Å². The molecule has 0 spiro atoms. The molecule has 0 aliphatic heterocycles. The smallest absolute Gasteiger partial charge is 0.274 e. The number of carbonyl (C=O) groups excluding carboxylic acids is 1. The summed E-state index contributed by atoms with van der Waals surface area (Å²) in [4.78, 5) is 18.4. The van der Waals surface area contributed by atoms with Crippen molar-refractivity contribution in [2.75, 3.05) is 13.1 Å². The number of rotatable bonds is 6. The molecule has 5 nitrogen and oxygen atoms in total. The normalized spacial score (nSPS) is 14.9. The van der Waals surface area contributed by atoms with Gasteiger partial charge in [-0.3, -0.25) is 4.79 Å². The highest BCUT2D eigenvalue weighted by molar-refractivity contribution is 5.92. The van der Waals surface area contributed by atoms with Gasteiger partial charge >= 0.3 is 0 Å². The Morgan fingerprint density at radius 2 is 2.41 bits per heavy atom. The summed E-state index contributed by atoms with van der Waals surface area (Å²) >= 11 is 0. The molecule has 1 saturated carbocycles. The Morgan fingerprint density at radius 3 is 3.00 bits per heavy atom. The molecule has 2 rings (SSSR count). The number of nitrogens with zero attached hydrogens (tertiary/aromatic N) is 3. The van der Waals surface area contributed by atoms with Crippen molar-refractivity contribution in [1.82, 2.24) is 14.5 Å². The van der Waals surface area contributed by atoms with Gasteiger partial charge in [0.25, 0.3) is 5.91 Å². The van der Waals surface area contributed by atoms with E-state index < -0.39 is 0 Å². The summed E-state index contributed by atoms with van der Waals surface area (Å²) in [6.07, 6.45) is 6.73. The molecule has 0 saturated heterocycles. The summed E-state index contributed by atoms with van der Waals surface area (Å²) in [5.41, 5.74) is 6.01. The van der Waals surface area contributed by atoms with Crippen LogP contribution in [-0.4, -0.2) is 39.5 Å². The molecule has 0 aromatic carbocycles. The summed E-state index contributed by atoms with van der Waals surface area (Å²) in [6, 6.07) is 0.446. The molecule has 0 bridgehead atoms. The number of imidazole rings is 1. The topological polar surface area (TPSA) is 64.2 Å². The van der Waals surface area contributed by atoms with E-state index in [0.29, 0.717) is 24.8 Å². The van der Waals surface area contributed by atoms with Crippen LogP contribution < -0.4 is 5.73 Å². The SMILES string of the molecule is CCCN(C(=O)c1cn(CCN)cn1)C1CC1. The molecule has 1 amide bonds. The van der Waals surface area contributed by atoms with Crippen molar-refractivity contribution in [2.24, 2.45) is 5.73 Å². The van der Waals surface area contributed by atoms with Gasteiger partial charge in [0, 0.05) is 31.9 Å². The van der Waals surface area contributed by atoms with E-state index in [0.717, 1.165) is 25.8 Å². The maximum Gasteiger partial charge on any atom is 0.274 e. The molecule has 0 atom stereocenters. The molecule has 17 heavy (non-hydrogen) atoms. The van der Waals surface area contributed by atoms with Crippen LogP contribution in [0.1, 0.15) is 36.7 Å². The fourth-order valence-corrected chi connectivity index (χ4v) is 1.97. The minimum Gasteiger partial charge on any atom is -0.335 e. The van der Waals surface area contributed by atoms with E-state index in [9.17, 15) is 4.79 Å². The Bertz CT molecular complexity index is 384. The first-order valence-electron chi connectivity index (χ1n) is 6.29. The molecule has 1 aliphatic rings. The van der Waals surface area contributed by atoms with E-state index in [-0.39, 0.29) is 5.91 Å². The number of aromatic nitrogens is 2. The lowest BCUT2D eigenvalue weighted by atomic mass is 10.3. The second-order valence-corrected chi connectivity index (χ2v) is 4.52. The van der Waals surface area contributed by atoms with Crippen LogP contribution >= 0.6 is 0 Å². The third kappa shape index (κ3) is 2.85. The first-order valence-corrected chi connectivity index (χ1v) is 6.29. The molecular formula is C12H20N4O. The van der Waals surface area contributed by atoms with E-state index in [1.54, 1.807) is 12.5 Å². The van der Waals surface area contributed by atoms with Crippen molar-refractivity contribution < 1.29 is 4.79 Å². The quantitative estimate of drug-likeness (QED) is 0.796. The maximum absolute atomic E-state index is 12.3. The van der Waals surface area contributed by atoms with Crippen LogP contribution in [0.2, 0.25) is 0 Å². The number of amides is 1. The van der Waals surface area contributed by atoms with Gasteiger partial charge in [-0.2, -0.15) is 0 Å². The number of carbonyl (C=O) groups is 1. The van der Waals surface area contributed by atoms with Crippen LogP contribution in [0, 0.1) is 0 Å². The first kappa shape index (κ1) is 12.1. The van der Waals surface area contributed by atoms with Gasteiger partial charge in [-0.1, -0.05) is 6.92 Å². The molecule has 1 fully saturated rings. The Hall–Kier alpha value is -1.36. The Kier molecular flexibility index (Phi) is 3.78. The molecule has 94 valence electrons. The molecule has 1 aromatic heterocycles. The lowest BCUT2D eigenvalue weighted by Crippen LogP contribution is -2.34. The molecule has 1 heterocycles. The van der Waals surface area contributed by atoms with Gasteiger partial charge in [-0.05, 0) is 19.3 Å². The average Bonchev–Trinajstić information content (AvgIpc) is 3.06. The van der Waals surface area contributed by atoms with E-state index in [1.807, 2.05) is 9.47 Å². The lowest BCUT2D eigenvalue weighted by Gasteiger charge is -2.20. The highest BCUT2D eigenvalue weighted by atomic mass is 16.2. The molecule has 0 radical (unpaired) electrons. The van der Waals surface area contributed by atoms with Gasteiger partial charge in [0.15, 0.2) is 0 Å². The van der Waals surface area contributed by atoms with Crippen molar-refractivity contribution in [3.05, 3.63) is 18.2 Å². The van der Waals surface area contributed by atoms with Gasteiger partial charge in [0.05, 0.1) is 6.33 Å². The fourth-order valence-electron chi connectivity index (χ4n) is 1.97. The highest BCUT2D eigenvalue weighted by Crippen LogP contribution is 2.28. The van der Waals surface area contributed by atoms with Crippen LogP contribution in [0.15, 0.2) is 12.5 Å². The lowest BCUT2D eigenvalue weighted by molar-refractivity contribution is 0.0737. The van der Waals surface area contributed by atoms with E-state index >= 15 is 0 Å². The number of nitrogens with two attached hydrogens (primary N) is 1. The van der Waals surface area contributed by atoms with Gasteiger partial charge in [-0.25, -0.2) is 4.98 Å². The van der Waals surface area contributed by atoms with Crippen molar-refractivity contribution in [3.63, 3.8) is 0 Å².